The van der Waals surface area contributed by atoms with Gasteiger partial charge in [-0.25, -0.2) is 4.98 Å². The number of hydrogen-bond donors (Lipinski definition) is 1. The molecule has 1 N–H and O–H groups in total. The molecule has 9 heteroatoms. The average molecular weight is 460 g/mol. The van der Waals surface area contributed by atoms with E-state index in [0.29, 0.717) is 42.6 Å². The van der Waals surface area contributed by atoms with Crippen LogP contribution in [0.1, 0.15) is 44.1 Å². The third-order valence-electron chi connectivity index (χ3n) is 5.42. The number of fused-ring (bicyclic) bond motifs is 1. The number of nitrogens with one attached hydrogen (secondary N) is 1. The Hall–Kier alpha value is -2.07. The molecule has 1 aliphatic carbocycles. The number of anilines is 1. The van der Waals surface area contributed by atoms with Crippen LogP contribution in [0.2, 0.25) is 0 Å². The number of aryl methyl sites for hydroxylation is 1. The van der Waals surface area contributed by atoms with Crippen LogP contribution in [0.25, 0.3) is 10.6 Å². The number of morpholine rings is 1. The molecular formula is C21H21N3O3S3. The number of thiophene rings is 2. The van der Waals surface area contributed by atoms with E-state index in [0.717, 1.165) is 41.8 Å². The molecule has 0 bridgehead atoms. The molecule has 4 heterocycles. The van der Waals surface area contributed by atoms with Crippen molar-refractivity contribution in [2.24, 2.45) is 0 Å². The number of aromatic nitrogens is 1. The molecule has 0 radical (unpaired) electrons. The first-order chi connectivity index (χ1) is 14.7. The van der Waals surface area contributed by atoms with Gasteiger partial charge in [-0.1, -0.05) is 0 Å². The Morgan fingerprint density at radius 1 is 1.13 bits per heavy atom. The number of amides is 2. The van der Waals surface area contributed by atoms with E-state index in [9.17, 15) is 9.59 Å². The van der Waals surface area contributed by atoms with Crippen LogP contribution in [0, 0.1) is 0 Å². The van der Waals surface area contributed by atoms with Crippen molar-refractivity contribution in [2.45, 2.75) is 25.7 Å². The second-order valence-electron chi connectivity index (χ2n) is 7.32. The Morgan fingerprint density at radius 3 is 2.77 bits per heavy atom. The summed E-state index contributed by atoms with van der Waals surface area (Å²) in [7, 11) is 0. The minimum atomic E-state index is -0.262. The summed E-state index contributed by atoms with van der Waals surface area (Å²) in [5.41, 5.74) is 3.21. The molecule has 1 saturated heterocycles. The van der Waals surface area contributed by atoms with Crippen LogP contribution in [0.15, 0.2) is 22.2 Å². The van der Waals surface area contributed by atoms with Gasteiger partial charge in [-0.2, -0.15) is 11.3 Å². The van der Waals surface area contributed by atoms with E-state index >= 15 is 0 Å². The summed E-state index contributed by atoms with van der Waals surface area (Å²) in [6.45, 7) is 2.30. The third kappa shape index (κ3) is 3.82. The van der Waals surface area contributed by atoms with Crippen LogP contribution >= 0.6 is 34.0 Å². The van der Waals surface area contributed by atoms with Crippen LogP contribution in [0.4, 0.5) is 5.00 Å². The van der Waals surface area contributed by atoms with Gasteiger partial charge in [0.15, 0.2) is 0 Å². The minimum Gasteiger partial charge on any atom is -0.378 e. The van der Waals surface area contributed by atoms with Gasteiger partial charge in [0.05, 0.1) is 18.8 Å². The molecule has 0 spiro atoms. The van der Waals surface area contributed by atoms with Gasteiger partial charge in [0.1, 0.15) is 15.7 Å². The molecular weight excluding hydrogens is 438 g/mol. The molecule has 1 fully saturated rings. The zero-order valence-corrected chi connectivity index (χ0v) is 18.8. The Morgan fingerprint density at radius 2 is 1.97 bits per heavy atom. The zero-order valence-electron chi connectivity index (χ0n) is 16.3. The molecule has 0 saturated carbocycles. The fourth-order valence-corrected chi connectivity index (χ4v) is 6.66. The highest BCUT2D eigenvalue weighted by molar-refractivity contribution is 7.17. The molecule has 3 aromatic rings. The third-order valence-corrected chi connectivity index (χ3v) is 8.20. The van der Waals surface area contributed by atoms with Crippen molar-refractivity contribution in [1.29, 1.82) is 0 Å². The number of thiazole rings is 1. The lowest BCUT2D eigenvalue weighted by Gasteiger charge is -2.27. The maximum absolute atomic E-state index is 13.3. The predicted molar refractivity (Wildman–Crippen MR) is 121 cm³/mol. The van der Waals surface area contributed by atoms with Crippen LogP contribution in [0.5, 0.6) is 0 Å². The highest BCUT2D eigenvalue weighted by Gasteiger charge is 2.30. The van der Waals surface area contributed by atoms with Crippen LogP contribution in [-0.4, -0.2) is 48.0 Å². The lowest BCUT2D eigenvalue weighted by Crippen LogP contribution is -2.41. The van der Waals surface area contributed by atoms with Crippen LogP contribution in [-0.2, 0) is 17.6 Å². The summed E-state index contributed by atoms with van der Waals surface area (Å²) < 4.78 is 5.40. The highest BCUT2D eigenvalue weighted by Crippen LogP contribution is 2.39. The van der Waals surface area contributed by atoms with E-state index in [1.165, 1.54) is 16.2 Å². The maximum Gasteiger partial charge on any atom is 0.275 e. The molecule has 2 amide bonds. The quantitative estimate of drug-likeness (QED) is 0.622. The molecule has 30 heavy (non-hydrogen) atoms. The maximum atomic E-state index is 13.3. The number of ether oxygens (including phenoxy) is 1. The average Bonchev–Trinajstić information content (AvgIpc) is 3.52. The largest absolute Gasteiger partial charge is 0.378 e. The summed E-state index contributed by atoms with van der Waals surface area (Å²) >= 11 is 4.61. The van der Waals surface area contributed by atoms with Crippen molar-refractivity contribution < 1.29 is 14.3 Å². The summed E-state index contributed by atoms with van der Waals surface area (Å²) in [6.07, 6.45) is 4.07. The van der Waals surface area contributed by atoms with E-state index < -0.39 is 0 Å². The molecule has 6 nitrogen and oxygen atoms in total. The van der Waals surface area contributed by atoms with Gasteiger partial charge in [0.25, 0.3) is 11.8 Å². The predicted octanol–water partition coefficient (Wildman–Crippen LogP) is 4.54. The fourth-order valence-electron chi connectivity index (χ4n) is 3.87. The van der Waals surface area contributed by atoms with Crippen molar-refractivity contribution in [3.8, 4) is 10.6 Å². The van der Waals surface area contributed by atoms with Gasteiger partial charge in [-0.15, -0.1) is 22.7 Å². The number of carbonyl (C=O) groups is 2. The fraction of sp³-hybridized carbons (Fsp3) is 0.381. The number of carbonyl (C=O) groups excluding carboxylic acids is 2. The number of nitrogens with zero attached hydrogens (tertiary/aromatic N) is 2. The molecule has 0 aromatic carbocycles. The molecule has 2 aliphatic rings. The van der Waals surface area contributed by atoms with Gasteiger partial charge in [-0.3, -0.25) is 9.59 Å². The van der Waals surface area contributed by atoms with Crippen molar-refractivity contribution in [1.82, 2.24) is 9.88 Å². The van der Waals surface area contributed by atoms with Gasteiger partial charge in [-0.05, 0) is 42.7 Å². The monoisotopic (exact) mass is 459 g/mol. The van der Waals surface area contributed by atoms with E-state index in [1.807, 2.05) is 21.7 Å². The molecule has 156 valence electrons. The van der Waals surface area contributed by atoms with Crippen molar-refractivity contribution >= 4 is 50.8 Å². The summed E-state index contributed by atoms with van der Waals surface area (Å²) in [4.78, 5) is 33.9. The van der Waals surface area contributed by atoms with E-state index in [-0.39, 0.29) is 11.8 Å². The molecule has 5 rings (SSSR count). The van der Waals surface area contributed by atoms with Gasteiger partial charge < -0.3 is 15.0 Å². The highest BCUT2D eigenvalue weighted by atomic mass is 32.1. The Balaban J connectivity index is 1.43. The topological polar surface area (TPSA) is 71.5 Å². The SMILES string of the molecule is O=C(Nc1sc2c(c1C(=O)N1CCOCC1)CCCC2)c1csc(-c2ccsc2)n1. The Bertz CT molecular complexity index is 1060. The molecule has 0 atom stereocenters. The van der Waals surface area contributed by atoms with Crippen LogP contribution < -0.4 is 5.32 Å². The lowest BCUT2D eigenvalue weighted by molar-refractivity contribution is 0.0303. The standard InChI is InChI=1S/C21H21N3O3S3/c25-18(15-12-29-19(22-15)13-5-10-28-11-13)23-20-17(14-3-1-2-4-16(14)30-20)21(26)24-6-8-27-9-7-24/h5,10-12H,1-4,6-9H2,(H,23,25). The van der Waals surface area contributed by atoms with E-state index in [1.54, 1.807) is 28.1 Å². The van der Waals surface area contributed by atoms with Gasteiger partial charge in [0.2, 0.25) is 0 Å². The van der Waals surface area contributed by atoms with Crippen LogP contribution in [0.3, 0.4) is 0 Å². The van der Waals surface area contributed by atoms with Crippen molar-refractivity contribution in [2.75, 3.05) is 31.6 Å². The second kappa shape index (κ2) is 8.58. The molecule has 1 aliphatic heterocycles. The Kier molecular flexibility index (Phi) is 5.68. The first-order valence-corrected chi connectivity index (χ1v) is 12.7. The van der Waals surface area contributed by atoms with Gasteiger partial charge in [0, 0.05) is 34.3 Å². The minimum absolute atomic E-state index is 0.00485. The molecule has 3 aromatic heterocycles. The van der Waals surface area contributed by atoms with E-state index in [4.69, 9.17) is 4.74 Å². The van der Waals surface area contributed by atoms with Gasteiger partial charge >= 0.3 is 0 Å². The number of rotatable bonds is 4. The zero-order chi connectivity index (χ0) is 20.5. The smallest absolute Gasteiger partial charge is 0.275 e. The summed E-state index contributed by atoms with van der Waals surface area (Å²) in [5.74, 6) is -0.257. The van der Waals surface area contributed by atoms with E-state index in [2.05, 4.69) is 10.3 Å². The summed E-state index contributed by atoms with van der Waals surface area (Å²) in [6, 6.07) is 2.00. The lowest BCUT2D eigenvalue weighted by atomic mass is 9.95. The first-order valence-electron chi connectivity index (χ1n) is 10.0. The first kappa shape index (κ1) is 19.9. The number of hydrogen-bond acceptors (Lipinski definition) is 7. The van der Waals surface area contributed by atoms with Crippen molar-refractivity contribution in [3.63, 3.8) is 0 Å². The normalized spacial score (nSPS) is 16.3. The summed E-state index contributed by atoms with van der Waals surface area (Å²) in [5, 5.41) is 10.3. The van der Waals surface area contributed by atoms with Crippen molar-refractivity contribution in [3.05, 3.63) is 43.9 Å². The molecule has 0 unspecified atom stereocenters. The second-order valence-corrected chi connectivity index (χ2v) is 10.1. The Labute approximate surface area is 186 Å².